The van der Waals surface area contributed by atoms with E-state index in [1.54, 1.807) is 0 Å². The van der Waals surface area contributed by atoms with Crippen LogP contribution in [0.2, 0.25) is 0 Å². The molecular weight excluding hydrogens is 224 g/mol. The molecule has 3 atom stereocenters. The van der Waals surface area contributed by atoms with Crippen molar-refractivity contribution in [3.8, 4) is 0 Å². The van der Waals surface area contributed by atoms with Gasteiger partial charge in [-0.3, -0.25) is 4.79 Å². The Balaban J connectivity index is 1.63. The highest BCUT2D eigenvalue weighted by Gasteiger charge is 2.33. The molecule has 1 heterocycles. The van der Waals surface area contributed by atoms with Crippen molar-refractivity contribution in [2.45, 2.75) is 32.2 Å². The molecule has 1 fully saturated rings. The van der Waals surface area contributed by atoms with Crippen molar-refractivity contribution < 1.29 is 4.79 Å². The minimum atomic E-state index is -0.0369. The van der Waals surface area contributed by atoms with Gasteiger partial charge in [0.1, 0.15) is 0 Å². The van der Waals surface area contributed by atoms with E-state index in [1.807, 2.05) is 18.2 Å². The van der Waals surface area contributed by atoms with Gasteiger partial charge < -0.3 is 10.6 Å². The molecule has 0 aromatic heterocycles. The lowest BCUT2D eigenvalue weighted by atomic mass is 10.1. The summed E-state index contributed by atoms with van der Waals surface area (Å²) in [5, 5.41) is 6.45. The lowest BCUT2D eigenvalue weighted by Gasteiger charge is -2.14. The van der Waals surface area contributed by atoms with Gasteiger partial charge in [0.2, 0.25) is 5.91 Å². The molecule has 18 heavy (non-hydrogen) atoms. The summed E-state index contributed by atoms with van der Waals surface area (Å²) < 4.78 is 0. The zero-order valence-corrected chi connectivity index (χ0v) is 10.8. The van der Waals surface area contributed by atoms with Gasteiger partial charge >= 0.3 is 0 Å². The van der Waals surface area contributed by atoms with E-state index >= 15 is 0 Å². The van der Waals surface area contributed by atoms with Crippen LogP contribution in [0.4, 0.5) is 5.69 Å². The molecule has 3 rings (SSSR count). The maximum Gasteiger partial charge on any atom is 0.241 e. The highest BCUT2D eigenvalue weighted by Crippen LogP contribution is 2.37. The van der Waals surface area contributed by atoms with Crippen LogP contribution in [0.25, 0.3) is 0 Å². The maximum absolute atomic E-state index is 12.1. The molecule has 1 saturated carbocycles. The minimum absolute atomic E-state index is 0.0369. The molecule has 1 aliphatic carbocycles. The summed E-state index contributed by atoms with van der Waals surface area (Å²) in [7, 11) is 0. The van der Waals surface area contributed by atoms with Crippen LogP contribution >= 0.6 is 0 Å². The number of aryl methyl sites for hydroxylation is 1. The second-order valence-electron chi connectivity index (χ2n) is 5.62. The molecular formula is C15H20N2O. The van der Waals surface area contributed by atoms with Gasteiger partial charge in [-0.15, -0.1) is 0 Å². The molecule has 1 aromatic carbocycles. The number of carbonyl (C=O) groups excluding carboxylic acids is 1. The van der Waals surface area contributed by atoms with Crippen LogP contribution in [-0.4, -0.2) is 18.5 Å². The van der Waals surface area contributed by atoms with Crippen LogP contribution in [0.1, 0.15) is 25.3 Å². The molecule has 0 radical (unpaired) electrons. The summed E-state index contributed by atoms with van der Waals surface area (Å²) in [6, 6.07) is 8.05. The molecule has 1 amide bonds. The van der Waals surface area contributed by atoms with Gasteiger partial charge in [-0.25, -0.2) is 0 Å². The van der Waals surface area contributed by atoms with Crippen LogP contribution in [0.3, 0.4) is 0 Å². The second kappa shape index (κ2) is 4.73. The number of nitrogens with one attached hydrogen (secondary N) is 2. The number of hydrogen-bond donors (Lipinski definition) is 2. The Morgan fingerprint density at radius 1 is 1.39 bits per heavy atom. The highest BCUT2D eigenvalue weighted by atomic mass is 16.2. The van der Waals surface area contributed by atoms with E-state index in [0.717, 1.165) is 36.9 Å². The molecule has 0 saturated heterocycles. The lowest BCUT2D eigenvalue weighted by molar-refractivity contribution is -0.118. The van der Waals surface area contributed by atoms with Crippen molar-refractivity contribution in [3.05, 3.63) is 29.8 Å². The maximum atomic E-state index is 12.1. The summed E-state index contributed by atoms with van der Waals surface area (Å²) in [6.07, 6.45) is 3.16. The molecule has 96 valence electrons. The van der Waals surface area contributed by atoms with Crippen molar-refractivity contribution in [1.29, 1.82) is 0 Å². The van der Waals surface area contributed by atoms with Crippen LogP contribution < -0.4 is 10.6 Å². The Morgan fingerprint density at radius 2 is 2.17 bits per heavy atom. The van der Waals surface area contributed by atoms with Crippen LogP contribution in [0, 0.1) is 11.8 Å². The quantitative estimate of drug-likeness (QED) is 0.855. The zero-order chi connectivity index (χ0) is 12.5. The SMILES string of the molecule is CC1CC1CNC1CCc2ccccc2NC1=O. The number of rotatable bonds is 3. The van der Waals surface area contributed by atoms with Crippen molar-refractivity contribution in [3.63, 3.8) is 0 Å². The van der Waals surface area contributed by atoms with Crippen LogP contribution in [0.15, 0.2) is 24.3 Å². The van der Waals surface area contributed by atoms with Gasteiger partial charge in [-0.05, 0) is 49.3 Å². The normalized spacial score (nSPS) is 30.3. The van der Waals surface area contributed by atoms with E-state index < -0.39 is 0 Å². The fourth-order valence-corrected chi connectivity index (χ4v) is 2.68. The van der Waals surface area contributed by atoms with Gasteiger partial charge in [0.15, 0.2) is 0 Å². The predicted molar refractivity (Wildman–Crippen MR) is 72.5 cm³/mol. The Labute approximate surface area is 108 Å². The number of fused-ring (bicyclic) bond motifs is 1. The minimum Gasteiger partial charge on any atom is -0.324 e. The largest absolute Gasteiger partial charge is 0.324 e. The molecule has 2 aliphatic rings. The first kappa shape index (κ1) is 11.7. The Bertz CT molecular complexity index is 458. The third kappa shape index (κ3) is 2.41. The van der Waals surface area contributed by atoms with Crippen molar-refractivity contribution in [2.75, 3.05) is 11.9 Å². The van der Waals surface area contributed by atoms with Gasteiger partial charge in [0.25, 0.3) is 0 Å². The molecule has 1 aliphatic heterocycles. The second-order valence-corrected chi connectivity index (χ2v) is 5.62. The number of amides is 1. The van der Waals surface area contributed by atoms with Crippen molar-refractivity contribution in [2.24, 2.45) is 11.8 Å². The fourth-order valence-electron chi connectivity index (χ4n) is 2.68. The van der Waals surface area contributed by atoms with Gasteiger partial charge in [-0.2, -0.15) is 0 Å². The molecule has 0 bridgehead atoms. The summed E-state index contributed by atoms with van der Waals surface area (Å²) in [6.45, 7) is 3.25. The number of carbonyl (C=O) groups is 1. The predicted octanol–water partition coefficient (Wildman–Crippen LogP) is 2.19. The summed E-state index contributed by atoms with van der Waals surface area (Å²) >= 11 is 0. The Hall–Kier alpha value is -1.35. The summed E-state index contributed by atoms with van der Waals surface area (Å²) in [5.74, 6) is 1.74. The number of anilines is 1. The van der Waals surface area contributed by atoms with E-state index in [1.165, 1.54) is 12.0 Å². The molecule has 3 unspecified atom stereocenters. The molecule has 1 aromatic rings. The molecule has 0 spiro atoms. The van der Waals surface area contributed by atoms with E-state index in [2.05, 4.69) is 23.6 Å². The van der Waals surface area contributed by atoms with Gasteiger partial charge in [0, 0.05) is 5.69 Å². The van der Waals surface area contributed by atoms with Crippen LogP contribution in [-0.2, 0) is 11.2 Å². The van der Waals surface area contributed by atoms with E-state index in [-0.39, 0.29) is 11.9 Å². The number of benzene rings is 1. The smallest absolute Gasteiger partial charge is 0.241 e. The van der Waals surface area contributed by atoms with E-state index in [0.29, 0.717) is 0 Å². The summed E-state index contributed by atoms with van der Waals surface area (Å²) in [5.41, 5.74) is 2.22. The number of hydrogen-bond acceptors (Lipinski definition) is 2. The monoisotopic (exact) mass is 244 g/mol. The first-order valence-corrected chi connectivity index (χ1v) is 6.86. The summed E-state index contributed by atoms with van der Waals surface area (Å²) in [4.78, 5) is 12.1. The van der Waals surface area contributed by atoms with E-state index in [4.69, 9.17) is 0 Å². The molecule has 2 N–H and O–H groups in total. The fraction of sp³-hybridized carbons (Fsp3) is 0.533. The third-order valence-corrected chi connectivity index (χ3v) is 4.20. The van der Waals surface area contributed by atoms with Gasteiger partial charge in [0.05, 0.1) is 6.04 Å². The standard InChI is InChI=1S/C15H20N2O/c1-10-8-12(10)9-16-14-7-6-11-4-2-3-5-13(11)17-15(14)18/h2-5,10,12,14,16H,6-9H2,1H3,(H,17,18). The van der Waals surface area contributed by atoms with E-state index in [9.17, 15) is 4.79 Å². The van der Waals surface area contributed by atoms with Crippen molar-refractivity contribution in [1.82, 2.24) is 5.32 Å². The first-order valence-electron chi connectivity index (χ1n) is 6.86. The van der Waals surface area contributed by atoms with Gasteiger partial charge in [-0.1, -0.05) is 25.1 Å². The average Bonchev–Trinajstić information content (AvgIpc) is 3.09. The first-order chi connectivity index (χ1) is 8.74. The highest BCUT2D eigenvalue weighted by molar-refractivity contribution is 5.96. The Kier molecular flexibility index (Phi) is 3.08. The molecule has 3 nitrogen and oxygen atoms in total. The topological polar surface area (TPSA) is 41.1 Å². The zero-order valence-electron chi connectivity index (χ0n) is 10.8. The third-order valence-electron chi connectivity index (χ3n) is 4.20. The Morgan fingerprint density at radius 3 is 2.94 bits per heavy atom. The average molecular weight is 244 g/mol. The van der Waals surface area contributed by atoms with Crippen LogP contribution in [0.5, 0.6) is 0 Å². The lowest BCUT2D eigenvalue weighted by Crippen LogP contribution is -2.40. The number of para-hydroxylation sites is 1. The van der Waals surface area contributed by atoms with Crippen molar-refractivity contribution >= 4 is 11.6 Å². The molecule has 3 heteroatoms.